The zero-order valence-corrected chi connectivity index (χ0v) is 16.5. The Bertz CT molecular complexity index is 1100. The molecule has 1 atom stereocenters. The Labute approximate surface area is 169 Å². The van der Waals surface area contributed by atoms with Crippen molar-refractivity contribution in [2.75, 3.05) is 10.3 Å². The highest BCUT2D eigenvalue weighted by Crippen LogP contribution is 2.28. The lowest BCUT2D eigenvalue weighted by Gasteiger charge is -2.29. The van der Waals surface area contributed by atoms with Crippen LogP contribution in [0.3, 0.4) is 0 Å². The number of anilines is 3. The molecule has 5 N–H and O–H groups in total. The molecule has 148 valence electrons. The van der Waals surface area contributed by atoms with Crippen molar-refractivity contribution < 1.29 is 4.79 Å². The summed E-state index contributed by atoms with van der Waals surface area (Å²) in [7, 11) is 0. The third-order valence-corrected chi connectivity index (χ3v) is 4.90. The Morgan fingerprint density at radius 3 is 2.66 bits per heavy atom. The average Bonchev–Trinajstić information content (AvgIpc) is 2.72. The fraction of sp³-hybridized carbons (Fsp3) is 0.238. The van der Waals surface area contributed by atoms with Crippen molar-refractivity contribution in [3.8, 4) is 6.07 Å². The van der Waals surface area contributed by atoms with Crippen LogP contribution in [-0.2, 0) is 0 Å². The number of pyridine rings is 2. The van der Waals surface area contributed by atoms with E-state index in [0.717, 1.165) is 10.9 Å². The van der Waals surface area contributed by atoms with Crippen molar-refractivity contribution in [2.45, 2.75) is 26.8 Å². The summed E-state index contributed by atoms with van der Waals surface area (Å²) in [5, 5.41) is 15.0. The van der Waals surface area contributed by atoms with Gasteiger partial charge in [-0.05, 0) is 43.2 Å². The maximum absolute atomic E-state index is 12.0. The number of nitrogens with one attached hydrogen (secondary N) is 1. The van der Waals surface area contributed by atoms with Gasteiger partial charge in [0.05, 0.1) is 16.6 Å². The lowest BCUT2D eigenvalue weighted by Crippen LogP contribution is -2.43. The van der Waals surface area contributed by atoms with Crippen molar-refractivity contribution in [1.82, 2.24) is 9.97 Å². The van der Waals surface area contributed by atoms with E-state index in [1.54, 1.807) is 6.20 Å². The molecule has 8 nitrogen and oxygen atoms in total. The summed E-state index contributed by atoms with van der Waals surface area (Å²) < 4.78 is 0. The number of carbonyl (C=O) groups is 1. The minimum Gasteiger partial charge on any atom is -0.365 e. The minimum absolute atomic E-state index is 0.0754. The highest BCUT2D eigenvalue weighted by Gasteiger charge is 2.23. The zero-order chi connectivity index (χ0) is 21.1. The summed E-state index contributed by atoms with van der Waals surface area (Å²) in [6.45, 7) is 5.99. The Morgan fingerprint density at radius 2 is 2.00 bits per heavy atom. The number of nitrogens with zero attached hydrogens (tertiary/aromatic N) is 4. The molecule has 3 aromatic rings. The Morgan fingerprint density at radius 1 is 1.24 bits per heavy atom. The summed E-state index contributed by atoms with van der Waals surface area (Å²) in [6.07, 6.45) is 1.72. The number of nitrogens with two attached hydrogens (primary N) is 2. The van der Waals surface area contributed by atoms with Crippen LogP contribution in [0.25, 0.3) is 10.9 Å². The van der Waals surface area contributed by atoms with Crippen molar-refractivity contribution in [2.24, 2.45) is 17.5 Å². The van der Waals surface area contributed by atoms with Crippen molar-refractivity contribution in [3.63, 3.8) is 0 Å². The van der Waals surface area contributed by atoms with Crippen LogP contribution in [0.5, 0.6) is 0 Å². The first-order valence-electron chi connectivity index (χ1n) is 9.22. The molecule has 0 spiro atoms. The van der Waals surface area contributed by atoms with E-state index in [1.165, 1.54) is 11.1 Å². The van der Waals surface area contributed by atoms with E-state index < -0.39 is 5.91 Å². The largest absolute Gasteiger partial charge is 0.365 e. The van der Waals surface area contributed by atoms with Crippen molar-refractivity contribution in [3.05, 3.63) is 53.7 Å². The van der Waals surface area contributed by atoms with Gasteiger partial charge in [-0.1, -0.05) is 19.9 Å². The van der Waals surface area contributed by atoms with Gasteiger partial charge in [0.15, 0.2) is 5.82 Å². The van der Waals surface area contributed by atoms with E-state index in [2.05, 4.69) is 21.4 Å². The third kappa shape index (κ3) is 4.10. The highest BCUT2D eigenvalue weighted by atomic mass is 16.1. The van der Waals surface area contributed by atoms with Gasteiger partial charge in [-0.2, -0.15) is 5.26 Å². The number of hydrazine groups is 1. The van der Waals surface area contributed by atoms with Gasteiger partial charge < -0.3 is 11.1 Å². The maximum Gasteiger partial charge on any atom is 0.252 e. The molecule has 3 rings (SSSR count). The first-order valence-corrected chi connectivity index (χ1v) is 9.22. The zero-order valence-electron chi connectivity index (χ0n) is 16.5. The monoisotopic (exact) mass is 389 g/mol. The van der Waals surface area contributed by atoms with Crippen LogP contribution in [0.1, 0.15) is 36.7 Å². The molecule has 1 amide bonds. The number of aromatic nitrogens is 2. The van der Waals surface area contributed by atoms with E-state index >= 15 is 0 Å². The van der Waals surface area contributed by atoms with E-state index in [0.29, 0.717) is 5.69 Å². The number of nitriles is 1. The summed E-state index contributed by atoms with van der Waals surface area (Å²) in [6, 6.07) is 12.8. The molecule has 0 aliphatic carbocycles. The van der Waals surface area contributed by atoms with Gasteiger partial charge in [0.2, 0.25) is 0 Å². The number of hydrogen-bond donors (Lipinski definition) is 3. The molecular weight excluding hydrogens is 366 g/mol. The molecule has 0 saturated heterocycles. The second-order valence-corrected chi connectivity index (χ2v) is 7.16. The quantitative estimate of drug-likeness (QED) is 0.435. The summed E-state index contributed by atoms with van der Waals surface area (Å²) >= 11 is 0. The summed E-state index contributed by atoms with van der Waals surface area (Å²) in [5.41, 5.74) is 7.38. The smallest absolute Gasteiger partial charge is 0.252 e. The SMILES string of the molecule is CC(C)[C@@H](C)N(N)c1nc(Nc2ccc3ncccc3c2)c(C(N)=O)cc1C#N. The standard InChI is InChI=1S/C21H23N7O/c1-12(2)13(3)28(24)21-15(11-22)10-17(19(23)29)20(27-21)26-16-6-7-18-14(9-16)5-4-8-25-18/h4-10,12-13H,24H2,1-3H3,(H2,23,29)(H,26,27)/t13-/m1/s1. The number of primary amides is 1. The van der Waals surface area contributed by atoms with Gasteiger partial charge in [-0.25, -0.2) is 10.8 Å². The molecule has 2 heterocycles. The topological polar surface area (TPSA) is 134 Å². The second kappa shape index (κ2) is 8.12. The average molecular weight is 389 g/mol. The van der Waals surface area contributed by atoms with Gasteiger partial charge in [-0.3, -0.25) is 14.8 Å². The molecule has 8 heteroatoms. The van der Waals surface area contributed by atoms with E-state index in [-0.39, 0.29) is 34.7 Å². The molecule has 0 saturated carbocycles. The number of benzene rings is 1. The van der Waals surface area contributed by atoms with Crippen LogP contribution in [0.4, 0.5) is 17.3 Å². The van der Waals surface area contributed by atoms with E-state index in [4.69, 9.17) is 11.6 Å². The van der Waals surface area contributed by atoms with Crippen LogP contribution in [-0.4, -0.2) is 21.9 Å². The fourth-order valence-corrected chi connectivity index (χ4v) is 2.87. The molecule has 1 aromatic carbocycles. The molecule has 2 aromatic heterocycles. The van der Waals surface area contributed by atoms with Crippen LogP contribution in [0.15, 0.2) is 42.6 Å². The minimum atomic E-state index is -0.689. The Balaban J connectivity index is 2.09. The second-order valence-electron chi connectivity index (χ2n) is 7.16. The predicted molar refractivity (Wildman–Crippen MR) is 113 cm³/mol. The number of rotatable bonds is 6. The normalized spacial score (nSPS) is 11.9. The lowest BCUT2D eigenvalue weighted by atomic mass is 10.1. The molecule has 0 fully saturated rings. The first kappa shape index (κ1) is 20.0. The van der Waals surface area contributed by atoms with E-state index in [1.807, 2.05) is 51.1 Å². The van der Waals surface area contributed by atoms with Gasteiger partial charge in [0, 0.05) is 23.3 Å². The molecule has 0 unspecified atom stereocenters. The van der Waals surface area contributed by atoms with Crippen molar-refractivity contribution >= 4 is 34.1 Å². The van der Waals surface area contributed by atoms with Gasteiger partial charge in [0.1, 0.15) is 11.9 Å². The highest BCUT2D eigenvalue weighted by molar-refractivity contribution is 5.99. The van der Waals surface area contributed by atoms with Crippen LogP contribution in [0.2, 0.25) is 0 Å². The van der Waals surface area contributed by atoms with Gasteiger partial charge in [0.25, 0.3) is 5.91 Å². The van der Waals surface area contributed by atoms with Crippen molar-refractivity contribution in [1.29, 1.82) is 5.26 Å². The fourth-order valence-electron chi connectivity index (χ4n) is 2.87. The number of hydrogen-bond acceptors (Lipinski definition) is 7. The Kier molecular flexibility index (Phi) is 5.61. The molecule has 0 bridgehead atoms. The Hall–Kier alpha value is -3.70. The first-order chi connectivity index (χ1) is 13.8. The summed E-state index contributed by atoms with van der Waals surface area (Å²) in [5.74, 6) is 6.31. The van der Waals surface area contributed by atoms with Gasteiger partial charge >= 0.3 is 0 Å². The van der Waals surface area contributed by atoms with Gasteiger partial charge in [-0.15, -0.1) is 0 Å². The van der Waals surface area contributed by atoms with Crippen LogP contribution >= 0.6 is 0 Å². The molecular formula is C21H23N7O. The van der Waals surface area contributed by atoms with Crippen LogP contribution < -0.4 is 21.9 Å². The van der Waals surface area contributed by atoms with E-state index in [9.17, 15) is 10.1 Å². The predicted octanol–water partition coefficient (Wildman–Crippen LogP) is 3.07. The molecule has 0 aliphatic heterocycles. The van der Waals surface area contributed by atoms with Crippen LogP contribution in [0, 0.1) is 17.2 Å². The lowest BCUT2D eigenvalue weighted by molar-refractivity contribution is 0.100. The third-order valence-electron chi connectivity index (χ3n) is 4.90. The summed E-state index contributed by atoms with van der Waals surface area (Å²) in [4.78, 5) is 20.8. The molecule has 29 heavy (non-hydrogen) atoms. The molecule has 0 aliphatic rings. The number of carbonyl (C=O) groups excluding carboxylic acids is 1. The maximum atomic E-state index is 12.0. The molecule has 0 radical (unpaired) electrons. The number of amides is 1. The number of fused-ring (bicyclic) bond motifs is 1.